The van der Waals surface area contributed by atoms with E-state index in [1.165, 1.54) is 16.7 Å². The normalized spacial score (nSPS) is 15.9. The number of anilines is 1. The monoisotopic (exact) mass is 709 g/mol. The third-order valence-corrected chi connectivity index (χ3v) is 14.5. The summed E-state index contributed by atoms with van der Waals surface area (Å²) in [5, 5.41) is 2.34. The van der Waals surface area contributed by atoms with Crippen molar-refractivity contribution in [1.29, 1.82) is 0 Å². The standard InChI is InChI=1S/C31H32BrClF3N3O2SSi/c1-31(2,3)43(20-11-7-5-8-12-20,21-13-9-6-10-14-21)40-18-19-15-16-39(17-22(34)35)29-23-27(37-30(38-29)42-4)26(36)24(32)25(33)28(23)41-19/h5-14,19,22H,15-18H2,1-4H3. The number of halogens is 5. The Hall–Kier alpha value is -2.31. The summed E-state index contributed by atoms with van der Waals surface area (Å²) in [7, 11) is -2.93. The Morgan fingerprint density at radius 1 is 1.09 bits per heavy atom. The summed E-state index contributed by atoms with van der Waals surface area (Å²) < 4.78 is 57.0. The van der Waals surface area contributed by atoms with Crippen LogP contribution in [0.3, 0.4) is 0 Å². The Morgan fingerprint density at radius 3 is 2.23 bits per heavy atom. The lowest BCUT2D eigenvalue weighted by Gasteiger charge is -2.44. The molecule has 4 aromatic rings. The number of benzene rings is 3. The van der Waals surface area contributed by atoms with Crippen molar-refractivity contribution in [2.75, 3.05) is 30.9 Å². The maximum atomic E-state index is 15.6. The second-order valence-corrected chi connectivity index (χ2v) is 17.6. The molecule has 1 atom stereocenters. The molecule has 0 saturated carbocycles. The van der Waals surface area contributed by atoms with Crippen molar-refractivity contribution in [1.82, 2.24) is 9.97 Å². The van der Waals surface area contributed by atoms with Crippen molar-refractivity contribution in [3.63, 3.8) is 0 Å². The van der Waals surface area contributed by atoms with E-state index in [2.05, 4.69) is 70.9 Å². The summed E-state index contributed by atoms with van der Waals surface area (Å²) in [5.41, 5.74) is -0.0477. The topological polar surface area (TPSA) is 47.5 Å². The van der Waals surface area contributed by atoms with E-state index in [1.54, 1.807) is 6.26 Å². The zero-order valence-electron chi connectivity index (χ0n) is 24.2. The van der Waals surface area contributed by atoms with Crippen molar-refractivity contribution >= 4 is 74.7 Å². The molecule has 0 amide bonds. The molecule has 12 heteroatoms. The third-order valence-electron chi connectivity index (χ3n) is 7.64. The lowest BCUT2D eigenvalue weighted by Crippen LogP contribution is -2.67. The summed E-state index contributed by atoms with van der Waals surface area (Å²) >= 11 is 11.1. The SMILES string of the molecule is CSc1nc2c3c(c(Cl)c(Br)c(F)c3n1)OC(CO[Si](c1ccccc1)(c1ccccc1)C(C)(C)C)CCN2CC(F)F. The van der Waals surface area contributed by atoms with Crippen LogP contribution in [0, 0.1) is 5.82 Å². The number of nitrogens with zero attached hydrogens (tertiary/aromatic N) is 3. The summed E-state index contributed by atoms with van der Waals surface area (Å²) in [5.74, 6) is -0.393. The van der Waals surface area contributed by atoms with Gasteiger partial charge in [0.25, 0.3) is 14.7 Å². The molecule has 5 nitrogen and oxygen atoms in total. The quantitative estimate of drug-likeness (QED) is 0.0809. The molecule has 0 spiro atoms. The molecule has 0 bridgehead atoms. The largest absolute Gasteiger partial charge is 0.486 e. The van der Waals surface area contributed by atoms with Gasteiger partial charge in [-0.05, 0) is 37.6 Å². The molecule has 0 aliphatic carbocycles. The highest BCUT2D eigenvalue weighted by Crippen LogP contribution is 2.46. The van der Waals surface area contributed by atoms with E-state index < -0.39 is 33.2 Å². The van der Waals surface area contributed by atoms with Gasteiger partial charge in [-0.2, -0.15) is 0 Å². The average molecular weight is 711 g/mol. The molecule has 0 radical (unpaired) electrons. The van der Waals surface area contributed by atoms with E-state index in [9.17, 15) is 8.78 Å². The fraction of sp³-hybridized carbons (Fsp3) is 0.355. The van der Waals surface area contributed by atoms with E-state index in [0.717, 1.165) is 10.4 Å². The maximum Gasteiger partial charge on any atom is 0.261 e. The zero-order chi connectivity index (χ0) is 30.9. The molecule has 1 aliphatic rings. The minimum absolute atomic E-state index is 0.0129. The molecule has 43 heavy (non-hydrogen) atoms. The van der Waals surface area contributed by atoms with Crippen molar-refractivity contribution in [2.24, 2.45) is 0 Å². The van der Waals surface area contributed by atoms with Gasteiger partial charge in [0.05, 0.1) is 23.0 Å². The first-order valence-electron chi connectivity index (χ1n) is 13.8. The van der Waals surface area contributed by atoms with Crippen LogP contribution in [0.15, 0.2) is 70.3 Å². The van der Waals surface area contributed by atoms with Crippen LogP contribution in [0.25, 0.3) is 10.9 Å². The highest BCUT2D eigenvalue weighted by Gasteiger charge is 2.50. The predicted molar refractivity (Wildman–Crippen MR) is 175 cm³/mol. The summed E-state index contributed by atoms with van der Waals surface area (Å²) in [6.45, 7) is 6.29. The maximum absolute atomic E-state index is 15.6. The fourth-order valence-corrected chi connectivity index (χ4v) is 11.3. The number of ether oxygens (including phenoxy) is 1. The Morgan fingerprint density at radius 2 is 1.70 bits per heavy atom. The molecule has 1 aliphatic heterocycles. The minimum Gasteiger partial charge on any atom is -0.486 e. The van der Waals surface area contributed by atoms with Crippen molar-refractivity contribution in [2.45, 2.75) is 49.9 Å². The van der Waals surface area contributed by atoms with E-state index in [1.807, 2.05) is 36.4 Å². The zero-order valence-corrected chi connectivity index (χ0v) is 28.4. The Kier molecular flexibility index (Phi) is 9.68. The lowest BCUT2D eigenvalue weighted by atomic mass is 10.1. The molecular formula is C31H32BrClF3N3O2SSi. The Balaban J connectivity index is 1.63. The molecule has 0 saturated heterocycles. The fourth-order valence-electron chi connectivity index (χ4n) is 5.71. The molecule has 1 unspecified atom stereocenters. The molecule has 3 aromatic carbocycles. The molecular weight excluding hydrogens is 679 g/mol. The van der Waals surface area contributed by atoms with E-state index in [0.29, 0.717) is 6.42 Å². The van der Waals surface area contributed by atoms with Crippen LogP contribution in [0.2, 0.25) is 10.1 Å². The van der Waals surface area contributed by atoms with Gasteiger partial charge >= 0.3 is 0 Å². The van der Waals surface area contributed by atoms with Crippen molar-refractivity contribution in [3.8, 4) is 5.75 Å². The molecule has 0 fully saturated rings. The number of rotatable bonds is 8. The Bertz CT molecular complexity index is 1560. The van der Waals surface area contributed by atoms with Gasteiger partial charge < -0.3 is 14.1 Å². The highest BCUT2D eigenvalue weighted by molar-refractivity contribution is 9.10. The molecule has 2 heterocycles. The number of hydrogen-bond acceptors (Lipinski definition) is 6. The van der Waals surface area contributed by atoms with Gasteiger partial charge in [-0.25, -0.2) is 23.1 Å². The van der Waals surface area contributed by atoms with Gasteiger partial charge in [0.1, 0.15) is 22.5 Å². The van der Waals surface area contributed by atoms with Crippen LogP contribution in [0.4, 0.5) is 19.0 Å². The van der Waals surface area contributed by atoms with Crippen molar-refractivity contribution in [3.05, 3.63) is 76.0 Å². The molecule has 228 valence electrons. The van der Waals surface area contributed by atoms with Crippen LogP contribution < -0.4 is 20.0 Å². The first-order chi connectivity index (χ1) is 20.5. The van der Waals surface area contributed by atoms with Crippen LogP contribution in [-0.4, -0.2) is 56.8 Å². The lowest BCUT2D eigenvalue weighted by molar-refractivity contribution is 0.114. The van der Waals surface area contributed by atoms with E-state index >= 15 is 4.39 Å². The first-order valence-corrected chi connectivity index (χ1v) is 18.1. The van der Waals surface area contributed by atoms with Crippen LogP contribution >= 0.6 is 39.3 Å². The summed E-state index contributed by atoms with van der Waals surface area (Å²) in [4.78, 5) is 10.4. The smallest absolute Gasteiger partial charge is 0.261 e. The van der Waals surface area contributed by atoms with E-state index in [4.69, 9.17) is 20.8 Å². The van der Waals surface area contributed by atoms with Crippen LogP contribution in [-0.2, 0) is 4.43 Å². The molecule has 5 rings (SSSR count). The minimum atomic E-state index is -2.93. The van der Waals surface area contributed by atoms with Gasteiger partial charge in [0, 0.05) is 13.0 Å². The summed E-state index contributed by atoms with van der Waals surface area (Å²) in [6, 6.07) is 20.4. The molecule has 0 N–H and O–H groups in total. The second kappa shape index (κ2) is 13.0. The number of aromatic nitrogens is 2. The van der Waals surface area contributed by atoms with Gasteiger partial charge in [-0.15, -0.1) is 0 Å². The third kappa shape index (κ3) is 6.16. The van der Waals surface area contributed by atoms with Crippen LogP contribution in [0.1, 0.15) is 27.2 Å². The first kappa shape index (κ1) is 32.1. The van der Waals surface area contributed by atoms with E-state index in [-0.39, 0.29) is 55.3 Å². The van der Waals surface area contributed by atoms with Crippen LogP contribution in [0.5, 0.6) is 5.75 Å². The number of alkyl halides is 2. The van der Waals surface area contributed by atoms with Gasteiger partial charge in [0.2, 0.25) is 0 Å². The van der Waals surface area contributed by atoms with Crippen molar-refractivity contribution < 1.29 is 22.3 Å². The highest BCUT2D eigenvalue weighted by atomic mass is 79.9. The second-order valence-electron chi connectivity index (χ2n) is 11.4. The predicted octanol–water partition coefficient (Wildman–Crippen LogP) is 7.71. The van der Waals surface area contributed by atoms with Gasteiger partial charge in [-0.3, -0.25) is 0 Å². The molecule has 1 aromatic heterocycles. The average Bonchev–Trinajstić information content (AvgIpc) is 2.98. The van der Waals surface area contributed by atoms with Gasteiger partial charge in [-0.1, -0.05) is 105 Å². The number of thioether (sulfide) groups is 1. The van der Waals surface area contributed by atoms with Gasteiger partial charge in [0.15, 0.2) is 16.7 Å². The number of hydrogen-bond donors (Lipinski definition) is 0. The summed E-state index contributed by atoms with van der Waals surface area (Å²) in [6.07, 6.45) is -1.15. The Labute approximate surface area is 268 Å².